The van der Waals surface area contributed by atoms with E-state index < -0.39 is 0 Å². The zero-order chi connectivity index (χ0) is 11.6. The van der Waals surface area contributed by atoms with E-state index in [0.717, 1.165) is 38.6 Å². The maximum Gasteiger partial charge on any atom is 0.191 e. The van der Waals surface area contributed by atoms with Crippen molar-refractivity contribution in [1.82, 2.24) is 10.6 Å². The predicted octanol–water partition coefficient (Wildman–Crippen LogP) is 1.30. The van der Waals surface area contributed by atoms with Gasteiger partial charge in [-0.25, -0.2) is 0 Å². The fraction of sp³-hybridized carbons (Fsp3) is 0.750. The molecule has 1 atom stereocenters. The smallest absolute Gasteiger partial charge is 0.191 e. The summed E-state index contributed by atoms with van der Waals surface area (Å²) in [6, 6.07) is 0. The fourth-order valence-electron chi connectivity index (χ4n) is 1.70. The normalized spacial score (nSPS) is 20.8. The van der Waals surface area contributed by atoms with E-state index in [4.69, 9.17) is 4.74 Å². The van der Waals surface area contributed by atoms with Crippen molar-refractivity contribution in [2.24, 2.45) is 4.99 Å². The van der Waals surface area contributed by atoms with E-state index in [1.54, 1.807) is 0 Å². The molecule has 0 spiro atoms. The first-order valence-electron chi connectivity index (χ1n) is 6.11. The summed E-state index contributed by atoms with van der Waals surface area (Å²) in [7, 11) is 0. The van der Waals surface area contributed by atoms with Crippen molar-refractivity contribution >= 4 is 5.96 Å². The van der Waals surface area contributed by atoms with Gasteiger partial charge in [-0.05, 0) is 26.2 Å². The predicted molar refractivity (Wildman–Crippen MR) is 67.8 cm³/mol. The van der Waals surface area contributed by atoms with Gasteiger partial charge in [0.2, 0.25) is 0 Å². The number of nitrogens with one attached hydrogen (secondary N) is 2. The van der Waals surface area contributed by atoms with Crippen LogP contribution in [0.4, 0.5) is 0 Å². The molecule has 16 heavy (non-hydrogen) atoms. The summed E-state index contributed by atoms with van der Waals surface area (Å²) in [5, 5.41) is 6.37. The molecule has 1 fully saturated rings. The van der Waals surface area contributed by atoms with E-state index in [-0.39, 0.29) is 0 Å². The molecule has 0 aliphatic carbocycles. The minimum atomic E-state index is 0.422. The lowest BCUT2D eigenvalue weighted by Crippen LogP contribution is -2.37. The Hall–Kier alpha value is -1.03. The molecule has 0 aromatic rings. The second-order valence-electron chi connectivity index (χ2n) is 3.85. The zero-order valence-corrected chi connectivity index (χ0v) is 10.2. The summed E-state index contributed by atoms with van der Waals surface area (Å²) in [4.78, 5) is 4.48. The van der Waals surface area contributed by atoms with E-state index in [2.05, 4.69) is 29.1 Å². The molecule has 4 nitrogen and oxygen atoms in total. The van der Waals surface area contributed by atoms with Crippen LogP contribution in [0.3, 0.4) is 0 Å². The Morgan fingerprint density at radius 3 is 3.06 bits per heavy atom. The highest BCUT2D eigenvalue weighted by atomic mass is 16.5. The molecular weight excluding hydrogens is 202 g/mol. The van der Waals surface area contributed by atoms with Gasteiger partial charge in [-0.3, -0.25) is 4.99 Å². The third-order valence-corrected chi connectivity index (χ3v) is 2.50. The maximum atomic E-state index is 5.55. The van der Waals surface area contributed by atoms with E-state index in [1.165, 1.54) is 12.8 Å². The number of hydrogen-bond donors (Lipinski definition) is 2. The van der Waals surface area contributed by atoms with E-state index in [0.29, 0.717) is 6.10 Å². The number of guanidine groups is 1. The van der Waals surface area contributed by atoms with Crippen LogP contribution in [-0.2, 0) is 4.74 Å². The summed E-state index contributed by atoms with van der Waals surface area (Å²) < 4.78 is 5.55. The van der Waals surface area contributed by atoms with E-state index in [1.807, 2.05) is 6.08 Å². The average Bonchev–Trinajstić information content (AvgIpc) is 2.79. The molecule has 0 radical (unpaired) electrons. The van der Waals surface area contributed by atoms with Crippen molar-refractivity contribution in [3.63, 3.8) is 0 Å². The summed E-state index contributed by atoms with van der Waals surface area (Å²) in [6.07, 6.45) is 5.65. The van der Waals surface area contributed by atoms with Crippen LogP contribution in [-0.4, -0.2) is 38.3 Å². The van der Waals surface area contributed by atoms with Crippen molar-refractivity contribution in [1.29, 1.82) is 0 Å². The Morgan fingerprint density at radius 2 is 2.44 bits per heavy atom. The molecule has 0 saturated carbocycles. The van der Waals surface area contributed by atoms with Gasteiger partial charge in [0.05, 0.1) is 6.10 Å². The van der Waals surface area contributed by atoms with E-state index >= 15 is 0 Å². The minimum absolute atomic E-state index is 0.422. The molecule has 1 aliphatic heterocycles. The van der Waals surface area contributed by atoms with Crippen molar-refractivity contribution in [2.45, 2.75) is 32.3 Å². The third kappa shape index (κ3) is 5.16. The first-order valence-corrected chi connectivity index (χ1v) is 6.11. The summed E-state index contributed by atoms with van der Waals surface area (Å²) in [6.45, 7) is 9.09. The topological polar surface area (TPSA) is 45.7 Å². The van der Waals surface area contributed by atoms with Crippen LogP contribution >= 0.6 is 0 Å². The van der Waals surface area contributed by atoms with Gasteiger partial charge in [0.15, 0.2) is 5.96 Å². The quantitative estimate of drug-likeness (QED) is 0.407. The first kappa shape index (κ1) is 13.0. The van der Waals surface area contributed by atoms with Crippen LogP contribution in [0.15, 0.2) is 17.6 Å². The SMILES string of the molecule is C=CCNC(=NCCC1CCCO1)NCC. The molecular formula is C12H23N3O. The second kappa shape index (κ2) is 8.16. The van der Waals surface area contributed by atoms with E-state index in [9.17, 15) is 0 Å². The molecule has 0 bridgehead atoms. The standard InChI is InChI=1S/C12H23N3O/c1-3-8-14-12(13-4-2)15-9-7-11-6-5-10-16-11/h3,11H,1,4-10H2,2H3,(H2,13,14,15). The number of aliphatic imine (C=N–C) groups is 1. The number of hydrogen-bond acceptors (Lipinski definition) is 2. The van der Waals surface area contributed by atoms with Crippen molar-refractivity contribution in [3.05, 3.63) is 12.7 Å². The van der Waals surface area contributed by atoms with Crippen molar-refractivity contribution in [3.8, 4) is 0 Å². The first-order chi connectivity index (χ1) is 7.86. The van der Waals surface area contributed by atoms with Gasteiger partial charge in [-0.15, -0.1) is 6.58 Å². The molecule has 1 heterocycles. The number of ether oxygens (including phenoxy) is 1. The molecule has 1 saturated heterocycles. The van der Waals surface area contributed by atoms with Gasteiger partial charge < -0.3 is 15.4 Å². The lowest BCUT2D eigenvalue weighted by molar-refractivity contribution is 0.106. The van der Waals surface area contributed by atoms with Crippen LogP contribution < -0.4 is 10.6 Å². The molecule has 1 unspecified atom stereocenters. The van der Waals surface area contributed by atoms with Gasteiger partial charge in [0.1, 0.15) is 0 Å². The lowest BCUT2D eigenvalue weighted by Gasteiger charge is -2.10. The number of nitrogens with zero attached hydrogens (tertiary/aromatic N) is 1. The Morgan fingerprint density at radius 1 is 1.56 bits per heavy atom. The summed E-state index contributed by atoms with van der Waals surface area (Å²) >= 11 is 0. The maximum absolute atomic E-state index is 5.55. The van der Waals surface area contributed by atoms with Gasteiger partial charge in [-0.2, -0.15) is 0 Å². The monoisotopic (exact) mass is 225 g/mol. The lowest BCUT2D eigenvalue weighted by atomic mass is 10.2. The fourth-order valence-corrected chi connectivity index (χ4v) is 1.70. The Kier molecular flexibility index (Phi) is 6.65. The average molecular weight is 225 g/mol. The highest BCUT2D eigenvalue weighted by Crippen LogP contribution is 2.14. The minimum Gasteiger partial charge on any atom is -0.378 e. The molecule has 0 aromatic carbocycles. The Balaban J connectivity index is 2.22. The van der Waals surface area contributed by atoms with Gasteiger partial charge in [0, 0.05) is 26.2 Å². The highest BCUT2D eigenvalue weighted by molar-refractivity contribution is 5.79. The van der Waals surface area contributed by atoms with Gasteiger partial charge in [0.25, 0.3) is 0 Å². The third-order valence-electron chi connectivity index (χ3n) is 2.50. The zero-order valence-electron chi connectivity index (χ0n) is 10.2. The van der Waals surface area contributed by atoms with Gasteiger partial charge in [-0.1, -0.05) is 6.08 Å². The largest absolute Gasteiger partial charge is 0.378 e. The van der Waals surface area contributed by atoms with Crippen LogP contribution in [0.25, 0.3) is 0 Å². The summed E-state index contributed by atoms with van der Waals surface area (Å²) in [5.41, 5.74) is 0. The molecule has 4 heteroatoms. The molecule has 0 amide bonds. The van der Waals surface area contributed by atoms with Crippen LogP contribution in [0.5, 0.6) is 0 Å². The van der Waals surface area contributed by atoms with Crippen LogP contribution in [0, 0.1) is 0 Å². The molecule has 1 rings (SSSR count). The molecule has 92 valence electrons. The molecule has 0 aromatic heterocycles. The van der Waals surface area contributed by atoms with Gasteiger partial charge >= 0.3 is 0 Å². The highest BCUT2D eigenvalue weighted by Gasteiger charge is 2.14. The molecule has 1 aliphatic rings. The Labute approximate surface area is 98.2 Å². The van der Waals surface area contributed by atoms with Crippen molar-refractivity contribution < 1.29 is 4.74 Å². The number of rotatable bonds is 6. The van der Waals surface area contributed by atoms with Crippen LogP contribution in [0.2, 0.25) is 0 Å². The summed E-state index contributed by atoms with van der Waals surface area (Å²) in [5.74, 6) is 0.861. The Bertz CT molecular complexity index is 222. The molecule has 2 N–H and O–H groups in total. The van der Waals surface area contributed by atoms with Crippen LogP contribution in [0.1, 0.15) is 26.2 Å². The second-order valence-corrected chi connectivity index (χ2v) is 3.85. The van der Waals surface area contributed by atoms with Crippen molar-refractivity contribution in [2.75, 3.05) is 26.2 Å².